The van der Waals surface area contributed by atoms with Crippen molar-refractivity contribution in [3.63, 3.8) is 0 Å². The number of nitrogens with one attached hydrogen (secondary N) is 1. The number of rotatable bonds is 4. The van der Waals surface area contributed by atoms with Crippen molar-refractivity contribution in [2.24, 2.45) is 5.73 Å². The highest BCUT2D eigenvalue weighted by Crippen LogP contribution is 2.29. The predicted octanol–water partition coefficient (Wildman–Crippen LogP) is 3.00. The molecule has 0 unspecified atom stereocenters. The van der Waals surface area contributed by atoms with Gasteiger partial charge in [-0.25, -0.2) is 4.98 Å². The Labute approximate surface area is 118 Å². The molecule has 19 heavy (non-hydrogen) atoms. The number of hydrogen-bond acceptors (Lipinski definition) is 4. The van der Waals surface area contributed by atoms with Gasteiger partial charge in [0.2, 0.25) is 5.91 Å². The van der Waals surface area contributed by atoms with Crippen LogP contribution >= 0.6 is 11.3 Å². The molecule has 0 bridgehead atoms. The Kier molecular flexibility index (Phi) is 4.58. The summed E-state index contributed by atoms with van der Waals surface area (Å²) >= 11 is 1.54. The van der Waals surface area contributed by atoms with E-state index in [1.807, 2.05) is 6.92 Å². The fourth-order valence-electron chi connectivity index (χ4n) is 2.73. The second kappa shape index (κ2) is 6.01. The van der Waals surface area contributed by atoms with Gasteiger partial charge in [-0.2, -0.15) is 0 Å². The van der Waals surface area contributed by atoms with Gasteiger partial charge < -0.3 is 11.1 Å². The molecule has 1 fully saturated rings. The molecule has 0 radical (unpaired) electrons. The molecular weight excluding hydrogens is 258 g/mol. The lowest BCUT2D eigenvalue weighted by Gasteiger charge is -2.32. The standard InChI is InChI=1S/C14H23N3OS/c1-3-11-10(2)19-13(16-11)17-12(18)9-14(15)7-5-4-6-8-14/h3-9,15H2,1-2H3,(H,16,17,18). The molecule has 1 aliphatic rings. The zero-order valence-electron chi connectivity index (χ0n) is 11.8. The van der Waals surface area contributed by atoms with E-state index in [1.165, 1.54) is 11.3 Å². The van der Waals surface area contributed by atoms with Crippen LogP contribution in [-0.2, 0) is 11.2 Å². The fourth-order valence-corrected chi connectivity index (χ4v) is 3.64. The summed E-state index contributed by atoms with van der Waals surface area (Å²) in [7, 11) is 0. The topological polar surface area (TPSA) is 68.0 Å². The zero-order valence-corrected chi connectivity index (χ0v) is 12.6. The lowest BCUT2D eigenvalue weighted by Crippen LogP contribution is -2.44. The Bertz CT molecular complexity index is 450. The van der Waals surface area contributed by atoms with Crippen molar-refractivity contribution >= 4 is 22.4 Å². The van der Waals surface area contributed by atoms with Gasteiger partial charge in [-0.1, -0.05) is 26.2 Å². The molecule has 3 N–H and O–H groups in total. The molecule has 0 saturated heterocycles. The van der Waals surface area contributed by atoms with Crippen molar-refractivity contribution in [1.82, 2.24) is 4.98 Å². The van der Waals surface area contributed by atoms with E-state index in [0.29, 0.717) is 11.6 Å². The number of aromatic nitrogens is 1. The van der Waals surface area contributed by atoms with Crippen LogP contribution in [0.1, 0.15) is 56.0 Å². The predicted molar refractivity (Wildman–Crippen MR) is 79.5 cm³/mol. The molecule has 5 heteroatoms. The minimum atomic E-state index is -0.303. The number of amides is 1. The Morgan fingerprint density at radius 3 is 2.68 bits per heavy atom. The smallest absolute Gasteiger partial charge is 0.228 e. The molecule has 106 valence electrons. The molecule has 1 saturated carbocycles. The largest absolute Gasteiger partial charge is 0.325 e. The van der Waals surface area contributed by atoms with Crippen LogP contribution in [0.5, 0.6) is 0 Å². The molecule has 2 rings (SSSR count). The fraction of sp³-hybridized carbons (Fsp3) is 0.714. The molecule has 0 spiro atoms. The van der Waals surface area contributed by atoms with Crippen LogP contribution in [0.3, 0.4) is 0 Å². The maximum Gasteiger partial charge on any atom is 0.228 e. The molecule has 0 atom stereocenters. The van der Waals surface area contributed by atoms with Gasteiger partial charge in [0.1, 0.15) is 0 Å². The highest BCUT2D eigenvalue weighted by atomic mass is 32.1. The second-order valence-electron chi connectivity index (χ2n) is 5.52. The summed E-state index contributed by atoms with van der Waals surface area (Å²) < 4.78 is 0. The van der Waals surface area contributed by atoms with E-state index >= 15 is 0 Å². The van der Waals surface area contributed by atoms with E-state index in [0.717, 1.165) is 37.8 Å². The van der Waals surface area contributed by atoms with Crippen LogP contribution in [0, 0.1) is 6.92 Å². The van der Waals surface area contributed by atoms with Gasteiger partial charge >= 0.3 is 0 Å². The number of nitrogens with zero attached hydrogens (tertiary/aromatic N) is 1. The summed E-state index contributed by atoms with van der Waals surface area (Å²) in [4.78, 5) is 17.7. The van der Waals surface area contributed by atoms with Crippen molar-refractivity contribution in [2.75, 3.05) is 5.32 Å². The average Bonchev–Trinajstić information content (AvgIpc) is 2.69. The molecule has 0 aromatic carbocycles. The first kappa shape index (κ1) is 14.5. The minimum Gasteiger partial charge on any atom is -0.325 e. The summed E-state index contributed by atoms with van der Waals surface area (Å²) in [6, 6.07) is 0. The van der Waals surface area contributed by atoms with E-state index in [9.17, 15) is 4.79 Å². The molecule has 1 aromatic heterocycles. The number of anilines is 1. The molecule has 1 amide bonds. The van der Waals surface area contributed by atoms with Crippen molar-refractivity contribution in [3.8, 4) is 0 Å². The van der Waals surface area contributed by atoms with Gasteiger partial charge in [0.15, 0.2) is 5.13 Å². The van der Waals surface area contributed by atoms with Crippen LogP contribution in [0.2, 0.25) is 0 Å². The number of thiazole rings is 1. The second-order valence-corrected chi connectivity index (χ2v) is 6.73. The van der Waals surface area contributed by atoms with Gasteiger partial charge in [0, 0.05) is 16.8 Å². The van der Waals surface area contributed by atoms with Gasteiger partial charge in [-0.3, -0.25) is 4.79 Å². The van der Waals surface area contributed by atoms with Gasteiger partial charge in [-0.15, -0.1) is 11.3 Å². The molecule has 1 aliphatic carbocycles. The first-order chi connectivity index (χ1) is 9.02. The summed E-state index contributed by atoms with van der Waals surface area (Å²) in [6.45, 7) is 4.11. The number of aryl methyl sites for hydroxylation is 2. The number of nitrogens with two attached hydrogens (primary N) is 1. The Morgan fingerprint density at radius 2 is 2.11 bits per heavy atom. The summed E-state index contributed by atoms with van der Waals surface area (Å²) in [5.41, 5.74) is 7.06. The molecule has 0 aliphatic heterocycles. The van der Waals surface area contributed by atoms with Crippen molar-refractivity contribution in [3.05, 3.63) is 10.6 Å². The van der Waals surface area contributed by atoms with E-state index in [2.05, 4.69) is 17.2 Å². The maximum atomic E-state index is 12.1. The quantitative estimate of drug-likeness (QED) is 0.891. The third kappa shape index (κ3) is 3.76. The first-order valence-corrected chi connectivity index (χ1v) is 7.89. The molecular formula is C14H23N3OS. The van der Waals surface area contributed by atoms with Crippen LogP contribution < -0.4 is 11.1 Å². The zero-order chi connectivity index (χ0) is 13.9. The molecule has 1 aromatic rings. The van der Waals surface area contributed by atoms with E-state index in [4.69, 9.17) is 5.73 Å². The highest BCUT2D eigenvalue weighted by molar-refractivity contribution is 7.15. The van der Waals surface area contributed by atoms with E-state index < -0.39 is 0 Å². The van der Waals surface area contributed by atoms with Crippen molar-refractivity contribution < 1.29 is 4.79 Å². The highest BCUT2D eigenvalue weighted by Gasteiger charge is 2.30. The SMILES string of the molecule is CCc1nc(NC(=O)CC2(N)CCCCC2)sc1C. The lowest BCUT2D eigenvalue weighted by molar-refractivity contribution is -0.117. The molecule has 1 heterocycles. The Hall–Kier alpha value is -0.940. The van der Waals surface area contributed by atoms with Gasteiger partial charge in [-0.05, 0) is 26.2 Å². The average molecular weight is 281 g/mol. The van der Waals surface area contributed by atoms with Gasteiger partial charge in [0.05, 0.1) is 5.69 Å². The van der Waals surface area contributed by atoms with Crippen molar-refractivity contribution in [2.45, 2.75) is 64.3 Å². The van der Waals surface area contributed by atoms with Crippen molar-refractivity contribution in [1.29, 1.82) is 0 Å². The van der Waals surface area contributed by atoms with Crippen LogP contribution in [0.25, 0.3) is 0 Å². The third-order valence-electron chi connectivity index (χ3n) is 3.84. The number of carbonyl (C=O) groups excluding carboxylic acids is 1. The van der Waals surface area contributed by atoms with Crippen LogP contribution in [0.4, 0.5) is 5.13 Å². The number of carbonyl (C=O) groups is 1. The first-order valence-electron chi connectivity index (χ1n) is 7.07. The third-order valence-corrected chi connectivity index (χ3v) is 4.76. The summed E-state index contributed by atoms with van der Waals surface area (Å²) in [5.74, 6) is 0.000744. The van der Waals surface area contributed by atoms with Crippen LogP contribution in [-0.4, -0.2) is 16.4 Å². The van der Waals surface area contributed by atoms with E-state index in [-0.39, 0.29) is 11.4 Å². The Morgan fingerprint density at radius 1 is 1.42 bits per heavy atom. The summed E-state index contributed by atoms with van der Waals surface area (Å²) in [6.07, 6.45) is 6.74. The summed E-state index contributed by atoms with van der Waals surface area (Å²) in [5, 5.41) is 3.61. The minimum absolute atomic E-state index is 0.000744. The maximum absolute atomic E-state index is 12.1. The monoisotopic (exact) mass is 281 g/mol. The Balaban J connectivity index is 1.93. The van der Waals surface area contributed by atoms with Crippen LogP contribution in [0.15, 0.2) is 0 Å². The van der Waals surface area contributed by atoms with E-state index in [1.54, 1.807) is 11.3 Å². The normalized spacial score (nSPS) is 18.3. The van der Waals surface area contributed by atoms with Gasteiger partial charge in [0.25, 0.3) is 0 Å². The molecule has 4 nitrogen and oxygen atoms in total. The number of hydrogen-bond donors (Lipinski definition) is 2. The lowest BCUT2D eigenvalue weighted by atomic mass is 9.80.